The van der Waals surface area contributed by atoms with E-state index in [4.69, 9.17) is 5.73 Å². The number of halogens is 1. The molecule has 1 aromatic heterocycles. The molecule has 3 aromatic rings. The minimum Gasteiger partial charge on any atom is -0.399 e. The van der Waals surface area contributed by atoms with Crippen molar-refractivity contribution in [3.63, 3.8) is 0 Å². The predicted octanol–water partition coefficient (Wildman–Crippen LogP) is 2.67. The molecule has 3 rings (SSSR count). The van der Waals surface area contributed by atoms with Gasteiger partial charge in [-0.05, 0) is 50.6 Å². The number of benzene rings is 2. The molecule has 0 aliphatic carbocycles. The Kier molecular flexibility index (Phi) is 3.00. The molecule has 0 aliphatic heterocycles. The van der Waals surface area contributed by atoms with E-state index in [1.165, 1.54) is 0 Å². The molecule has 0 atom stereocenters. The van der Waals surface area contributed by atoms with Gasteiger partial charge in [0.05, 0.1) is 5.69 Å². The quantitative estimate of drug-likeness (QED) is 0.738. The van der Waals surface area contributed by atoms with Gasteiger partial charge >= 0.3 is 0 Å². The Labute approximate surface area is 118 Å². The minimum absolute atomic E-state index is 0.652. The lowest BCUT2D eigenvalue weighted by atomic mass is 10.2. The van der Waals surface area contributed by atoms with Crippen LogP contribution in [0.15, 0.2) is 53.0 Å². The zero-order chi connectivity index (χ0) is 13.2. The number of nitrogens with zero attached hydrogens (tertiary/aromatic N) is 4. The first-order chi connectivity index (χ1) is 9.25. The first kappa shape index (κ1) is 11.9. The highest BCUT2D eigenvalue weighted by atomic mass is 79.9. The Morgan fingerprint density at radius 3 is 2.68 bits per heavy atom. The van der Waals surface area contributed by atoms with E-state index in [0.717, 1.165) is 15.7 Å². The van der Waals surface area contributed by atoms with Gasteiger partial charge in [-0.15, -0.1) is 5.10 Å². The fourth-order valence-electron chi connectivity index (χ4n) is 1.83. The van der Waals surface area contributed by atoms with E-state index in [-0.39, 0.29) is 0 Å². The van der Waals surface area contributed by atoms with Gasteiger partial charge in [0.2, 0.25) is 0 Å². The summed E-state index contributed by atoms with van der Waals surface area (Å²) in [5, 5.41) is 11.9. The third-order valence-corrected chi connectivity index (χ3v) is 3.37. The normalized spacial score (nSPS) is 10.6. The van der Waals surface area contributed by atoms with Crippen molar-refractivity contribution in [3.8, 4) is 17.1 Å². The summed E-state index contributed by atoms with van der Waals surface area (Å²) >= 11 is 3.50. The van der Waals surface area contributed by atoms with Crippen molar-refractivity contribution in [2.24, 2.45) is 0 Å². The third kappa shape index (κ3) is 2.22. The van der Waals surface area contributed by atoms with Crippen LogP contribution in [0.25, 0.3) is 17.1 Å². The number of aromatic nitrogens is 4. The minimum atomic E-state index is 0.652. The Bertz CT molecular complexity index is 722. The fraction of sp³-hybridized carbons (Fsp3) is 0. The molecule has 0 radical (unpaired) electrons. The molecule has 0 bridgehead atoms. The molecule has 0 spiro atoms. The molecule has 0 saturated heterocycles. The number of para-hydroxylation sites is 1. The van der Waals surface area contributed by atoms with Crippen LogP contribution < -0.4 is 5.73 Å². The average Bonchev–Trinajstić information content (AvgIpc) is 2.88. The van der Waals surface area contributed by atoms with Crippen LogP contribution in [-0.2, 0) is 0 Å². The van der Waals surface area contributed by atoms with Gasteiger partial charge in [0.1, 0.15) is 0 Å². The van der Waals surface area contributed by atoms with Crippen molar-refractivity contribution in [1.29, 1.82) is 0 Å². The summed E-state index contributed by atoms with van der Waals surface area (Å²) in [6, 6.07) is 15.2. The van der Waals surface area contributed by atoms with Crippen LogP contribution in [0.5, 0.6) is 0 Å². The van der Waals surface area contributed by atoms with Crippen molar-refractivity contribution >= 4 is 21.6 Å². The summed E-state index contributed by atoms with van der Waals surface area (Å²) < 4.78 is 2.60. The molecule has 0 unspecified atom stereocenters. The molecular weight excluding hydrogens is 306 g/mol. The molecule has 0 fully saturated rings. The van der Waals surface area contributed by atoms with Crippen LogP contribution >= 0.6 is 15.9 Å². The topological polar surface area (TPSA) is 69.6 Å². The first-order valence-corrected chi connectivity index (χ1v) is 6.44. The average molecular weight is 316 g/mol. The molecule has 6 heteroatoms. The zero-order valence-electron chi connectivity index (χ0n) is 9.86. The van der Waals surface area contributed by atoms with Crippen LogP contribution in [0.3, 0.4) is 0 Å². The Balaban J connectivity index is 2.16. The molecule has 19 heavy (non-hydrogen) atoms. The summed E-state index contributed by atoms with van der Waals surface area (Å²) in [4.78, 5) is 0. The lowest BCUT2D eigenvalue weighted by molar-refractivity contribution is 0.789. The van der Waals surface area contributed by atoms with Gasteiger partial charge in [-0.3, -0.25) is 0 Å². The molecule has 1 heterocycles. The highest BCUT2D eigenvalue weighted by Crippen LogP contribution is 2.25. The standard InChI is InChI=1S/C13H10BrN5/c14-11-6-1-2-7-12(11)19-13(16-17-18-19)9-4-3-5-10(15)8-9/h1-8H,15H2. The molecule has 0 amide bonds. The van der Waals surface area contributed by atoms with Crippen LogP contribution in [0.4, 0.5) is 5.69 Å². The largest absolute Gasteiger partial charge is 0.399 e. The summed E-state index contributed by atoms with van der Waals surface area (Å²) in [7, 11) is 0. The van der Waals surface area contributed by atoms with Gasteiger partial charge in [0.25, 0.3) is 0 Å². The van der Waals surface area contributed by atoms with Gasteiger partial charge in [0, 0.05) is 15.7 Å². The maximum atomic E-state index is 5.80. The van der Waals surface area contributed by atoms with Gasteiger partial charge < -0.3 is 5.73 Å². The maximum absolute atomic E-state index is 5.80. The van der Waals surface area contributed by atoms with Gasteiger partial charge in [0.15, 0.2) is 5.82 Å². The van der Waals surface area contributed by atoms with Crippen molar-refractivity contribution in [2.45, 2.75) is 0 Å². The number of rotatable bonds is 2. The van der Waals surface area contributed by atoms with Crippen LogP contribution in [0.1, 0.15) is 0 Å². The summed E-state index contributed by atoms with van der Waals surface area (Å²) in [6.07, 6.45) is 0. The van der Waals surface area contributed by atoms with E-state index >= 15 is 0 Å². The second-order valence-electron chi connectivity index (χ2n) is 3.99. The van der Waals surface area contributed by atoms with Gasteiger partial charge in [-0.25, -0.2) is 0 Å². The third-order valence-electron chi connectivity index (χ3n) is 2.69. The van der Waals surface area contributed by atoms with Gasteiger partial charge in [-0.1, -0.05) is 24.3 Å². The molecule has 5 nitrogen and oxygen atoms in total. The first-order valence-electron chi connectivity index (χ1n) is 5.65. The molecule has 0 saturated carbocycles. The highest BCUT2D eigenvalue weighted by molar-refractivity contribution is 9.10. The second-order valence-corrected chi connectivity index (χ2v) is 4.85. The lowest BCUT2D eigenvalue weighted by Crippen LogP contribution is -2.01. The van der Waals surface area contributed by atoms with Gasteiger partial charge in [-0.2, -0.15) is 4.68 Å². The van der Waals surface area contributed by atoms with E-state index < -0.39 is 0 Å². The van der Waals surface area contributed by atoms with Crippen molar-refractivity contribution < 1.29 is 0 Å². The number of hydrogen-bond acceptors (Lipinski definition) is 4. The smallest absolute Gasteiger partial charge is 0.187 e. The summed E-state index contributed by atoms with van der Waals surface area (Å²) in [6.45, 7) is 0. The Hall–Kier alpha value is -2.21. The van der Waals surface area contributed by atoms with E-state index in [2.05, 4.69) is 31.5 Å². The Morgan fingerprint density at radius 1 is 1.05 bits per heavy atom. The second kappa shape index (κ2) is 4.81. The van der Waals surface area contributed by atoms with Crippen LogP contribution in [-0.4, -0.2) is 20.2 Å². The summed E-state index contributed by atoms with van der Waals surface area (Å²) in [5.74, 6) is 0.652. The van der Waals surface area contributed by atoms with Crippen molar-refractivity contribution in [1.82, 2.24) is 20.2 Å². The van der Waals surface area contributed by atoms with Crippen LogP contribution in [0.2, 0.25) is 0 Å². The molecule has 2 N–H and O–H groups in total. The number of nitrogens with two attached hydrogens (primary N) is 1. The van der Waals surface area contributed by atoms with E-state index in [1.54, 1.807) is 4.68 Å². The summed E-state index contributed by atoms with van der Waals surface area (Å²) in [5.41, 5.74) is 8.23. The number of anilines is 1. The van der Waals surface area contributed by atoms with E-state index in [9.17, 15) is 0 Å². The monoisotopic (exact) mass is 315 g/mol. The fourth-order valence-corrected chi connectivity index (χ4v) is 2.28. The lowest BCUT2D eigenvalue weighted by Gasteiger charge is -2.06. The number of tetrazole rings is 1. The van der Waals surface area contributed by atoms with Crippen molar-refractivity contribution in [3.05, 3.63) is 53.0 Å². The van der Waals surface area contributed by atoms with Crippen LogP contribution in [0, 0.1) is 0 Å². The SMILES string of the molecule is Nc1cccc(-c2nnnn2-c2ccccc2Br)c1. The highest BCUT2D eigenvalue weighted by Gasteiger charge is 2.12. The number of hydrogen-bond donors (Lipinski definition) is 1. The zero-order valence-corrected chi connectivity index (χ0v) is 11.4. The number of nitrogen functional groups attached to an aromatic ring is 1. The van der Waals surface area contributed by atoms with E-state index in [0.29, 0.717) is 11.5 Å². The molecule has 2 aromatic carbocycles. The Morgan fingerprint density at radius 2 is 1.89 bits per heavy atom. The molecular formula is C13H10BrN5. The molecule has 94 valence electrons. The maximum Gasteiger partial charge on any atom is 0.187 e. The van der Waals surface area contributed by atoms with Crippen molar-refractivity contribution in [2.75, 3.05) is 5.73 Å². The molecule has 0 aliphatic rings. The predicted molar refractivity (Wildman–Crippen MR) is 76.7 cm³/mol. The van der Waals surface area contributed by atoms with E-state index in [1.807, 2.05) is 48.5 Å².